The molecule has 2 heteroatoms. The van der Waals surface area contributed by atoms with Crippen LogP contribution in [-0.4, -0.2) is 0 Å². The van der Waals surface area contributed by atoms with E-state index in [1.54, 1.807) is 0 Å². The molecule has 0 aromatic heterocycles. The first kappa shape index (κ1) is 35.3. The fourth-order valence-electron chi connectivity index (χ4n) is 8.56. The van der Waals surface area contributed by atoms with E-state index < -0.39 is 0 Å². The number of benzene rings is 8. The minimum Gasteiger partial charge on any atom is -0.310 e. The highest BCUT2D eigenvalue weighted by Gasteiger charge is 2.37. The number of para-hydroxylation sites is 2. The fourth-order valence-corrected chi connectivity index (χ4v) is 8.56. The summed E-state index contributed by atoms with van der Waals surface area (Å²) in [5.41, 5.74) is 15.0. The zero-order valence-corrected chi connectivity index (χ0v) is 32.8. The third-order valence-corrected chi connectivity index (χ3v) is 11.9. The molecule has 0 fully saturated rings. The largest absolute Gasteiger partial charge is 0.310 e. The van der Waals surface area contributed by atoms with Gasteiger partial charge in [0, 0.05) is 34.1 Å². The van der Waals surface area contributed by atoms with Crippen molar-refractivity contribution in [3.8, 4) is 22.3 Å². The number of nitrogens with zero attached hydrogens (tertiary/aromatic N) is 2. The van der Waals surface area contributed by atoms with Gasteiger partial charge in [0.15, 0.2) is 0 Å². The van der Waals surface area contributed by atoms with Crippen molar-refractivity contribution in [1.82, 2.24) is 0 Å². The molecule has 0 aliphatic heterocycles. The highest BCUT2D eigenvalue weighted by molar-refractivity contribution is 5.89. The lowest BCUT2D eigenvalue weighted by molar-refractivity contribution is 0.332. The summed E-state index contributed by atoms with van der Waals surface area (Å²) in [5.74, 6) is 0. The lowest BCUT2D eigenvalue weighted by Gasteiger charge is -2.42. The molecule has 0 saturated carbocycles. The minimum atomic E-state index is 0.162. The predicted molar refractivity (Wildman–Crippen MR) is 239 cm³/mol. The van der Waals surface area contributed by atoms with Gasteiger partial charge in [-0.2, -0.15) is 0 Å². The lowest BCUT2D eigenvalue weighted by Crippen LogP contribution is -2.33. The molecule has 0 radical (unpaired) electrons. The second-order valence-corrected chi connectivity index (χ2v) is 16.5. The van der Waals surface area contributed by atoms with Crippen LogP contribution in [0.25, 0.3) is 33.0 Å². The van der Waals surface area contributed by atoms with Crippen LogP contribution in [0.5, 0.6) is 0 Å². The van der Waals surface area contributed by atoms with Crippen LogP contribution in [0.2, 0.25) is 0 Å². The van der Waals surface area contributed by atoms with E-state index in [0.29, 0.717) is 0 Å². The maximum absolute atomic E-state index is 2.46. The molecule has 0 saturated heterocycles. The van der Waals surface area contributed by atoms with Crippen molar-refractivity contribution < 1.29 is 0 Å². The van der Waals surface area contributed by atoms with E-state index in [0.717, 1.165) is 34.1 Å². The maximum atomic E-state index is 2.46. The summed E-state index contributed by atoms with van der Waals surface area (Å²) in [4.78, 5) is 4.69. The summed E-state index contributed by atoms with van der Waals surface area (Å²) >= 11 is 0. The molecule has 1 aliphatic carbocycles. The third-order valence-electron chi connectivity index (χ3n) is 11.9. The Hall–Kier alpha value is -6.38. The van der Waals surface area contributed by atoms with E-state index in [-0.39, 0.29) is 10.8 Å². The number of rotatable bonds is 8. The average molecular weight is 725 g/mol. The van der Waals surface area contributed by atoms with Gasteiger partial charge in [0.25, 0.3) is 0 Å². The van der Waals surface area contributed by atoms with Gasteiger partial charge < -0.3 is 9.80 Å². The molecule has 0 atom stereocenters. The summed E-state index contributed by atoms with van der Waals surface area (Å²) in [5, 5.41) is 2.47. The molecule has 56 heavy (non-hydrogen) atoms. The van der Waals surface area contributed by atoms with Crippen LogP contribution in [0.4, 0.5) is 34.1 Å². The minimum absolute atomic E-state index is 0.162. The molecule has 0 N–H and O–H groups in total. The van der Waals surface area contributed by atoms with Crippen LogP contribution in [-0.2, 0) is 10.8 Å². The Morgan fingerprint density at radius 3 is 1.32 bits per heavy atom. The van der Waals surface area contributed by atoms with Gasteiger partial charge in [0.2, 0.25) is 0 Å². The summed E-state index contributed by atoms with van der Waals surface area (Å²) in [6.45, 7) is 9.60. The van der Waals surface area contributed by atoms with Crippen LogP contribution in [0, 0.1) is 0 Å². The Balaban J connectivity index is 1.03. The quantitative estimate of drug-likeness (QED) is 0.154. The van der Waals surface area contributed by atoms with Crippen LogP contribution in [0.15, 0.2) is 194 Å². The van der Waals surface area contributed by atoms with E-state index >= 15 is 0 Å². The Labute approximate surface area is 332 Å². The number of hydrogen-bond acceptors (Lipinski definition) is 2. The Morgan fingerprint density at radius 2 is 0.732 bits per heavy atom. The van der Waals surface area contributed by atoms with E-state index in [9.17, 15) is 0 Å². The second-order valence-electron chi connectivity index (χ2n) is 16.5. The first-order valence-electron chi connectivity index (χ1n) is 19.9. The fraction of sp³-hybridized carbons (Fsp3) is 0.148. The van der Waals surface area contributed by atoms with Gasteiger partial charge in [0.1, 0.15) is 0 Å². The number of fused-ring (bicyclic) bond motifs is 2. The topological polar surface area (TPSA) is 6.48 Å². The first-order valence-corrected chi connectivity index (χ1v) is 19.9. The van der Waals surface area contributed by atoms with Gasteiger partial charge in [0.05, 0.1) is 0 Å². The molecule has 9 rings (SSSR count). The number of anilines is 6. The van der Waals surface area contributed by atoms with Crippen molar-refractivity contribution in [3.63, 3.8) is 0 Å². The van der Waals surface area contributed by atoms with Crippen molar-refractivity contribution >= 4 is 44.9 Å². The van der Waals surface area contributed by atoms with Crippen LogP contribution in [0.3, 0.4) is 0 Å². The van der Waals surface area contributed by atoms with Gasteiger partial charge in [-0.05, 0) is 141 Å². The molecule has 1 aliphatic rings. The maximum Gasteiger partial charge on any atom is 0.0468 e. The van der Waals surface area contributed by atoms with Crippen molar-refractivity contribution in [2.24, 2.45) is 0 Å². The zero-order chi connectivity index (χ0) is 38.3. The zero-order valence-electron chi connectivity index (χ0n) is 32.8. The highest BCUT2D eigenvalue weighted by Crippen LogP contribution is 2.47. The van der Waals surface area contributed by atoms with Crippen molar-refractivity contribution in [2.75, 3.05) is 9.80 Å². The van der Waals surface area contributed by atoms with Crippen LogP contribution < -0.4 is 9.80 Å². The molecule has 0 amide bonds. The van der Waals surface area contributed by atoms with Gasteiger partial charge in [-0.1, -0.05) is 149 Å². The molecular weight excluding hydrogens is 677 g/mol. The number of hydrogen-bond donors (Lipinski definition) is 0. The Bertz CT molecular complexity index is 2620. The van der Waals surface area contributed by atoms with Crippen molar-refractivity contribution in [3.05, 3.63) is 205 Å². The summed E-state index contributed by atoms with van der Waals surface area (Å²) in [7, 11) is 0. The molecule has 274 valence electrons. The second kappa shape index (κ2) is 14.4. The Kier molecular flexibility index (Phi) is 9.06. The SMILES string of the molecule is CC1(C)CCC(C)(C)c2cc(-c3cccc(N(c4ccccc4)c4ccc(-c5ccc(N(c6ccccc6)c6ccc7ccccc7c6)cc5)cc4)c3)ccc21. The molecule has 8 aromatic carbocycles. The molecule has 0 heterocycles. The predicted octanol–water partition coefficient (Wildman–Crippen LogP) is 15.5. The first-order chi connectivity index (χ1) is 27.2. The standard InChI is InChI=1S/C54H48N2/c1-53(2)34-35-54(3,4)52-38-44(27-33-51(52)53)43-16-13-21-49(37-43)55(45-17-7-5-8-18-45)47-28-22-40(23-29-47)41-24-30-48(31-25-41)56(46-19-9-6-10-20-46)50-32-26-39-14-11-12-15-42(39)36-50/h5-33,36-38H,34-35H2,1-4H3. The van der Waals surface area contributed by atoms with E-state index in [1.165, 1.54) is 57.0 Å². The summed E-state index contributed by atoms with van der Waals surface area (Å²) < 4.78 is 0. The van der Waals surface area contributed by atoms with Gasteiger partial charge in [-0.25, -0.2) is 0 Å². The smallest absolute Gasteiger partial charge is 0.0468 e. The highest BCUT2D eigenvalue weighted by atomic mass is 15.1. The van der Waals surface area contributed by atoms with E-state index in [4.69, 9.17) is 0 Å². The Morgan fingerprint density at radius 1 is 0.304 bits per heavy atom. The van der Waals surface area contributed by atoms with Gasteiger partial charge >= 0.3 is 0 Å². The average Bonchev–Trinajstić information content (AvgIpc) is 3.24. The molecule has 0 unspecified atom stereocenters. The van der Waals surface area contributed by atoms with Crippen LogP contribution >= 0.6 is 0 Å². The van der Waals surface area contributed by atoms with Crippen molar-refractivity contribution in [1.29, 1.82) is 0 Å². The molecule has 0 bridgehead atoms. The lowest BCUT2D eigenvalue weighted by atomic mass is 9.63. The molecule has 0 spiro atoms. The normalized spacial score (nSPS) is 14.2. The van der Waals surface area contributed by atoms with Crippen molar-refractivity contribution in [2.45, 2.75) is 51.4 Å². The molecule has 8 aromatic rings. The van der Waals surface area contributed by atoms with E-state index in [2.05, 4.69) is 232 Å². The van der Waals surface area contributed by atoms with E-state index in [1.807, 2.05) is 0 Å². The molecule has 2 nitrogen and oxygen atoms in total. The van der Waals surface area contributed by atoms with Crippen LogP contribution in [0.1, 0.15) is 51.7 Å². The monoisotopic (exact) mass is 724 g/mol. The van der Waals surface area contributed by atoms with Gasteiger partial charge in [-0.3, -0.25) is 0 Å². The third kappa shape index (κ3) is 6.77. The van der Waals surface area contributed by atoms with Gasteiger partial charge in [-0.15, -0.1) is 0 Å². The summed E-state index contributed by atoms with van der Waals surface area (Å²) in [6.07, 6.45) is 2.42. The summed E-state index contributed by atoms with van der Waals surface area (Å²) in [6, 6.07) is 70.7. The molecular formula is C54H48N2.